The SMILES string of the molecule is CC(C)=CC(N)c1csc(I)c1. The van der Waals surface area contributed by atoms with Gasteiger partial charge < -0.3 is 5.73 Å². The Labute approximate surface area is 90.8 Å². The summed E-state index contributed by atoms with van der Waals surface area (Å²) in [5, 5.41) is 2.12. The number of hydrogen-bond acceptors (Lipinski definition) is 2. The maximum atomic E-state index is 5.94. The van der Waals surface area contributed by atoms with Gasteiger partial charge in [-0.15, -0.1) is 11.3 Å². The second-order valence-corrected chi connectivity index (χ2v) is 5.76. The van der Waals surface area contributed by atoms with Crippen molar-refractivity contribution >= 4 is 33.9 Å². The third kappa shape index (κ3) is 2.88. The van der Waals surface area contributed by atoms with E-state index in [0.29, 0.717) is 0 Å². The van der Waals surface area contributed by atoms with Crippen molar-refractivity contribution in [2.75, 3.05) is 0 Å². The molecule has 1 rings (SSSR count). The smallest absolute Gasteiger partial charge is 0.0656 e. The summed E-state index contributed by atoms with van der Waals surface area (Å²) in [7, 11) is 0. The Morgan fingerprint density at radius 2 is 2.33 bits per heavy atom. The second kappa shape index (κ2) is 4.39. The van der Waals surface area contributed by atoms with Crippen LogP contribution >= 0.6 is 33.9 Å². The average molecular weight is 293 g/mol. The fraction of sp³-hybridized carbons (Fsp3) is 0.333. The Kier molecular flexibility index (Phi) is 3.74. The Bertz CT molecular complexity index is 286. The lowest BCUT2D eigenvalue weighted by atomic mass is 10.1. The van der Waals surface area contributed by atoms with E-state index in [2.05, 4.69) is 54.0 Å². The van der Waals surface area contributed by atoms with Crippen molar-refractivity contribution in [3.63, 3.8) is 0 Å². The third-order valence-electron chi connectivity index (χ3n) is 1.49. The lowest BCUT2D eigenvalue weighted by molar-refractivity contribution is 0.905. The van der Waals surface area contributed by atoms with Gasteiger partial charge in [-0.1, -0.05) is 11.6 Å². The van der Waals surface area contributed by atoms with E-state index < -0.39 is 0 Å². The first-order valence-electron chi connectivity index (χ1n) is 3.74. The fourth-order valence-electron chi connectivity index (χ4n) is 0.954. The van der Waals surface area contributed by atoms with E-state index in [1.807, 2.05) is 0 Å². The topological polar surface area (TPSA) is 26.0 Å². The molecule has 0 fully saturated rings. The zero-order valence-electron chi connectivity index (χ0n) is 7.17. The molecule has 0 bridgehead atoms. The van der Waals surface area contributed by atoms with Gasteiger partial charge in [-0.25, -0.2) is 0 Å². The van der Waals surface area contributed by atoms with E-state index in [9.17, 15) is 0 Å². The van der Waals surface area contributed by atoms with Crippen LogP contribution < -0.4 is 5.73 Å². The maximum absolute atomic E-state index is 5.94. The second-order valence-electron chi connectivity index (χ2n) is 2.95. The number of thiophene rings is 1. The van der Waals surface area contributed by atoms with Crippen LogP contribution in [0.1, 0.15) is 25.5 Å². The molecule has 1 aromatic heterocycles. The third-order valence-corrected chi connectivity index (χ3v) is 3.29. The minimum Gasteiger partial charge on any atom is -0.321 e. The Hall–Kier alpha value is 0.130. The molecular formula is C9H12INS. The highest BCUT2D eigenvalue weighted by molar-refractivity contribution is 14.1. The molecule has 1 nitrogen and oxygen atoms in total. The van der Waals surface area contributed by atoms with E-state index in [1.165, 1.54) is 14.0 Å². The van der Waals surface area contributed by atoms with Gasteiger partial charge in [0.1, 0.15) is 0 Å². The Balaban J connectivity index is 2.78. The van der Waals surface area contributed by atoms with Crippen molar-refractivity contribution in [2.45, 2.75) is 19.9 Å². The zero-order valence-corrected chi connectivity index (χ0v) is 10.1. The van der Waals surface area contributed by atoms with Gasteiger partial charge in [-0.05, 0) is 53.4 Å². The number of hydrogen-bond donors (Lipinski definition) is 1. The first-order valence-corrected chi connectivity index (χ1v) is 5.70. The van der Waals surface area contributed by atoms with E-state index in [4.69, 9.17) is 5.73 Å². The highest BCUT2D eigenvalue weighted by Gasteiger charge is 2.03. The van der Waals surface area contributed by atoms with Gasteiger partial charge in [0.2, 0.25) is 0 Å². The van der Waals surface area contributed by atoms with Crippen LogP contribution in [-0.4, -0.2) is 0 Å². The standard InChI is InChI=1S/C9H12INS/c1-6(2)3-8(11)7-4-9(10)12-5-7/h3-5,8H,11H2,1-2H3. The van der Waals surface area contributed by atoms with Crippen molar-refractivity contribution in [1.82, 2.24) is 0 Å². The molecule has 0 saturated heterocycles. The molecule has 1 unspecified atom stereocenters. The Morgan fingerprint density at radius 3 is 2.75 bits per heavy atom. The molecule has 0 spiro atoms. The van der Waals surface area contributed by atoms with Crippen molar-refractivity contribution in [3.05, 3.63) is 31.5 Å². The predicted octanol–water partition coefficient (Wildman–Crippen LogP) is 3.32. The van der Waals surface area contributed by atoms with Crippen LogP contribution in [0.15, 0.2) is 23.1 Å². The summed E-state index contributed by atoms with van der Waals surface area (Å²) in [4.78, 5) is 0. The van der Waals surface area contributed by atoms with Crippen LogP contribution in [0.5, 0.6) is 0 Å². The van der Waals surface area contributed by atoms with Gasteiger partial charge in [0.05, 0.1) is 2.88 Å². The molecule has 1 atom stereocenters. The van der Waals surface area contributed by atoms with Gasteiger partial charge >= 0.3 is 0 Å². The lowest BCUT2D eigenvalue weighted by Gasteiger charge is -2.03. The molecule has 3 heteroatoms. The first-order chi connectivity index (χ1) is 5.59. The number of nitrogens with two attached hydrogens (primary N) is 1. The highest BCUT2D eigenvalue weighted by Crippen LogP contribution is 2.22. The number of allylic oxidation sites excluding steroid dienone is 1. The lowest BCUT2D eigenvalue weighted by Crippen LogP contribution is -2.05. The van der Waals surface area contributed by atoms with E-state index in [-0.39, 0.29) is 6.04 Å². The van der Waals surface area contributed by atoms with Crippen LogP contribution in [0.2, 0.25) is 0 Å². The average Bonchev–Trinajstić information content (AvgIpc) is 2.34. The molecule has 1 aromatic rings. The van der Waals surface area contributed by atoms with E-state index in [1.54, 1.807) is 11.3 Å². The van der Waals surface area contributed by atoms with E-state index >= 15 is 0 Å². The largest absolute Gasteiger partial charge is 0.321 e. The van der Waals surface area contributed by atoms with E-state index in [0.717, 1.165) is 0 Å². The molecule has 0 aliphatic carbocycles. The fourth-order valence-corrected chi connectivity index (χ4v) is 2.37. The van der Waals surface area contributed by atoms with Gasteiger partial charge in [-0.3, -0.25) is 0 Å². The molecule has 0 aromatic carbocycles. The van der Waals surface area contributed by atoms with Crippen molar-refractivity contribution in [2.24, 2.45) is 5.73 Å². The molecule has 0 saturated carbocycles. The summed E-state index contributed by atoms with van der Waals surface area (Å²) in [6.45, 7) is 4.13. The predicted molar refractivity (Wildman–Crippen MR) is 63.4 cm³/mol. The maximum Gasteiger partial charge on any atom is 0.0656 e. The van der Waals surface area contributed by atoms with Gasteiger partial charge in [-0.2, -0.15) is 0 Å². The van der Waals surface area contributed by atoms with Crippen LogP contribution in [0, 0.1) is 2.88 Å². The summed E-state index contributed by atoms with van der Waals surface area (Å²) in [6, 6.07) is 2.20. The van der Waals surface area contributed by atoms with Gasteiger partial charge in [0.15, 0.2) is 0 Å². The monoisotopic (exact) mass is 293 g/mol. The summed E-state index contributed by atoms with van der Waals surface area (Å²) in [5.41, 5.74) is 8.42. The molecule has 0 aliphatic heterocycles. The summed E-state index contributed by atoms with van der Waals surface area (Å²) < 4.78 is 1.29. The van der Waals surface area contributed by atoms with Crippen molar-refractivity contribution < 1.29 is 0 Å². The summed E-state index contributed by atoms with van der Waals surface area (Å²) in [5.74, 6) is 0. The first kappa shape index (κ1) is 10.2. The Morgan fingerprint density at radius 1 is 1.67 bits per heavy atom. The van der Waals surface area contributed by atoms with Gasteiger partial charge in [0, 0.05) is 6.04 Å². The zero-order chi connectivity index (χ0) is 9.14. The van der Waals surface area contributed by atoms with Gasteiger partial charge in [0.25, 0.3) is 0 Å². The highest BCUT2D eigenvalue weighted by atomic mass is 127. The summed E-state index contributed by atoms with van der Waals surface area (Å²) >= 11 is 4.05. The normalized spacial score (nSPS) is 12.7. The quantitative estimate of drug-likeness (QED) is 0.657. The minimum absolute atomic E-state index is 0.0646. The van der Waals surface area contributed by atoms with Crippen molar-refractivity contribution in [3.8, 4) is 0 Å². The minimum atomic E-state index is 0.0646. The van der Waals surface area contributed by atoms with Crippen LogP contribution in [0.3, 0.4) is 0 Å². The molecular weight excluding hydrogens is 281 g/mol. The molecule has 1 heterocycles. The molecule has 0 amide bonds. The summed E-state index contributed by atoms with van der Waals surface area (Å²) in [6.07, 6.45) is 2.08. The van der Waals surface area contributed by atoms with Crippen molar-refractivity contribution in [1.29, 1.82) is 0 Å². The molecule has 0 radical (unpaired) electrons. The number of halogens is 1. The van der Waals surface area contributed by atoms with Crippen LogP contribution in [-0.2, 0) is 0 Å². The van der Waals surface area contributed by atoms with Crippen LogP contribution in [0.25, 0.3) is 0 Å². The molecule has 0 aliphatic rings. The van der Waals surface area contributed by atoms with Crippen LogP contribution in [0.4, 0.5) is 0 Å². The number of rotatable bonds is 2. The molecule has 66 valence electrons. The molecule has 2 N–H and O–H groups in total. The molecule has 12 heavy (non-hydrogen) atoms.